The summed E-state index contributed by atoms with van der Waals surface area (Å²) in [6.07, 6.45) is 8.55. The van der Waals surface area contributed by atoms with Crippen molar-refractivity contribution >= 4 is 24.0 Å². The van der Waals surface area contributed by atoms with Crippen molar-refractivity contribution in [2.45, 2.75) is 44.6 Å². The molecule has 3 amide bonds. The third kappa shape index (κ3) is 5.02. The third-order valence-corrected chi connectivity index (χ3v) is 5.36. The number of hydroxylamine groups is 2. The summed E-state index contributed by atoms with van der Waals surface area (Å²) in [7, 11) is 0. The van der Waals surface area contributed by atoms with Crippen LogP contribution in [-0.2, 0) is 14.4 Å². The zero-order valence-electron chi connectivity index (χ0n) is 15.7. The Morgan fingerprint density at radius 3 is 2.86 bits per heavy atom. The fourth-order valence-electron chi connectivity index (χ4n) is 3.98. The van der Waals surface area contributed by atoms with E-state index in [2.05, 4.69) is 20.7 Å². The normalized spacial score (nSPS) is 20.8. The molecule has 1 saturated heterocycles. The lowest BCUT2D eigenvalue weighted by atomic mass is 9.92. The predicted molar refractivity (Wildman–Crippen MR) is 98.5 cm³/mol. The molecule has 2 aliphatic rings. The number of hydrogen-bond acceptors (Lipinski definition) is 7. The SMILES string of the molecule is O=CN(O)C[C@@H](CC1CCCC1)C(=O)N1NCCC1C(=O)Nc1ccncn1. The fourth-order valence-corrected chi connectivity index (χ4v) is 3.98. The van der Waals surface area contributed by atoms with Crippen LogP contribution in [0.2, 0.25) is 0 Å². The monoisotopic (exact) mass is 390 g/mol. The van der Waals surface area contributed by atoms with Gasteiger partial charge >= 0.3 is 0 Å². The van der Waals surface area contributed by atoms with E-state index in [9.17, 15) is 19.6 Å². The summed E-state index contributed by atoms with van der Waals surface area (Å²) < 4.78 is 0. The van der Waals surface area contributed by atoms with Crippen molar-refractivity contribution < 1.29 is 19.6 Å². The molecule has 152 valence electrons. The topological polar surface area (TPSA) is 128 Å². The van der Waals surface area contributed by atoms with Crippen LogP contribution in [0.25, 0.3) is 0 Å². The molecule has 0 bridgehead atoms. The summed E-state index contributed by atoms with van der Waals surface area (Å²) >= 11 is 0. The number of hydrogen-bond donors (Lipinski definition) is 3. The average molecular weight is 390 g/mol. The molecule has 28 heavy (non-hydrogen) atoms. The molecule has 1 aliphatic heterocycles. The second kappa shape index (κ2) is 9.56. The van der Waals surface area contributed by atoms with Crippen molar-refractivity contribution in [1.29, 1.82) is 0 Å². The van der Waals surface area contributed by atoms with Crippen molar-refractivity contribution in [3.63, 3.8) is 0 Å². The average Bonchev–Trinajstić information content (AvgIpc) is 3.39. The summed E-state index contributed by atoms with van der Waals surface area (Å²) in [5.74, 6) is -0.437. The number of aromatic nitrogens is 2. The molecule has 1 aliphatic carbocycles. The Morgan fingerprint density at radius 1 is 1.39 bits per heavy atom. The van der Waals surface area contributed by atoms with Gasteiger partial charge in [0.2, 0.25) is 18.2 Å². The first-order valence-corrected chi connectivity index (χ1v) is 9.62. The van der Waals surface area contributed by atoms with Crippen LogP contribution in [0.5, 0.6) is 0 Å². The van der Waals surface area contributed by atoms with E-state index in [0.29, 0.717) is 42.6 Å². The van der Waals surface area contributed by atoms with Crippen LogP contribution in [0.3, 0.4) is 0 Å². The number of hydrazine groups is 1. The minimum absolute atomic E-state index is 0.0860. The number of anilines is 1. The van der Waals surface area contributed by atoms with Gasteiger partial charge in [-0.15, -0.1) is 0 Å². The van der Waals surface area contributed by atoms with Crippen LogP contribution < -0.4 is 10.7 Å². The first-order chi connectivity index (χ1) is 13.6. The Balaban J connectivity index is 1.68. The van der Waals surface area contributed by atoms with Crippen LogP contribution in [0.4, 0.5) is 5.82 Å². The first-order valence-electron chi connectivity index (χ1n) is 9.62. The quantitative estimate of drug-likeness (QED) is 0.336. The molecule has 1 saturated carbocycles. The van der Waals surface area contributed by atoms with E-state index in [-0.39, 0.29) is 18.4 Å². The van der Waals surface area contributed by atoms with Crippen molar-refractivity contribution in [3.8, 4) is 0 Å². The molecule has 2 fully saturated rings. The van der Waals surface area contributed by atoms with Gasteiger partial charge in [-0.05, 0) is 24.8 Å². The number of nitrogens with zero attached hydrogens (tertiary/aromatic N) is 4. The Hall–Kier alpha value is -2.59. The smallest absolute Gasteiger partial charge is 0.250 e. The summed E-state index contributed by atoms with van der Waals surface area (Å²) in [5, 5.41) is 14.2. The Kier molecular flexibility index (Phi) is 6.88. The van der Waals surface area contributed by atoms with E-state index < -0.39 is 12.0 Å². The van der Waals surface area contributed by atoms with Crippen molar-refractivity contribution in [3.05, 3.63) is 18.6 Å². The maximum atomic E-state index is 13.2. The minimum Gasteiger partial charge on any atom is -0.309 e. The van der Waals surface area contributed by atoms with Crippen LogP contribution in [-0.4, -0.2) is 62.6 Å². The number of amides is 3. The van der Waals surface area contributed by atoms with E-state index in [0.717, 1.165) is 25.7 Å². The standard InChI is InChI=1S/C18H26N6O4/c25-12-23(28)10-14(9-13-3-1-2-4-13)18(27)24-15(5-8-21-24)17(26)22-16-6-7-19-11-20-16/h6-7,11-15,21,28H,1-5,8-10H2,(H,19,20,22,26)/t14-,15?/m1/s1. The lowest BCUT2D eigenvalue weighted by molar-refractivity contribution is -0.159. The summed E-state index contributed by atoms with van der Waals surface area (Å²) in [6, 6.07) is 0.889. The summed E-state index contributed by atoms with van der Waals surface area (Å²) in [4.78, 5) is 44.4. The van der Waals surface area contributed by atoms with Gasteiger partial charge in [-0.1, -0.05) is 25.7 Å². The highest BCUT2D eigenvalue weighted by Crippen LogP contribution is 2.31. The van der Waals surface area contributed by atoms with Gasteiger partial charge < -0.3 is 5.32 Å². The largest absolute Gasteiger partial charge is 0.309 e. The highest BCUT2D eigenvalue weighted by atomic mass is 16.5. The minimum atomic E-state index is -0.683. The van der Waals surface area contributed by atoms with Gasteiger partial charge in [0, 0.05) is 12.7 Å². The number of nitrogens with one attached hydrogen (secondary N) is 2. The Labute approximate surface area is 163 Å². The molecule has 1 aromatic heterocycles. The number of rotatable bonds is 8. The molecule has 3 N–H and O–H groups in total. The third-order valence-electron chi connectivity index (χ3n) is 5.36. The molecule has 0 aromatic carbocycles. The lowest BCUT2D eigenvalue weighted by Gasteiger charge is -2.29. The molecule has 2 atom stereocenters. The van der Waals surface area contributed by atoms with Gasteiger partial charge in [0.05, 0.1) is 12.5 Å². The summed E-state index contributed by atoms with van der Waals surface area (Å²) in [5.41, 5.74) is 2.97. The van der Waals surface area contributed by atoms with E-state index in [4.69, 9.17) is 0 Å². The maximum Gasteiger partial charge on any atom is 0.250 e. The zero-order chi connectivity index (χ0) is 19.9. The molecule has 1 aromatic rings. The molecular weight excluding hydrogens is 364 g/mol. The Morgan fingerprint density at radius 2 is 2.18 bits per heavy atom. The van der Waals surface area contributed by atoms with E-state index in [1.54, 1.807) is 6.07 Å². The highest BCUT2D eigenvalue weighted by Gasteiger charge is 2.39. The fraction of sp³-hybridized carbons (Fsp3) is 0.611. The zero-order valence-corrected chi connectivity index (χ0v) is 15.7. The molecular formula is C18H26N6O4. The van der Waals surface area contributed by atoms with Gasteiger partial charge in [-0.2, -0.15) is 0 Å². The molecule has 0 spiro atoms. The van der Waals surface area contributed by atoms with Crippen LogP contribution in [0.15, 0.2) is 18.6 Å². The Bertz CT molecular complexity index is 682. The lowest BCUT2D eigenvalue weighted by Crippen LogP contribution is -2.51. The van der Waals surface area contributed by atoms with Crippen LogP contribution >= 0.6 is 0 Å². The molecule has 10 nitrogen and oxygen atoms in total. The van der Waals surface area contributed by atoms with E-state index in [1.165, 1.54) is 17.5 Å². The predicted octanol–water partition coefficient (Wildman–Crippen LogP) is 0.565. The second-order valence-electron chi connectivity index (χ2n) is 7.32. The van der Waals surface area contributed by atoms with Crippen LogP contribution in [0, 0.1) is 11.8 Å². The van der Waals surface area contributed by atoms with Crippen molar-refractivity contribution in [2.24, 2.45) is 11.8 Å². The molecule has 1 unspecified atom stereocenters. The molecule has 0 radical (unpaired) electrons. The second-order valence-corrected chi connectivity index (χ2v) is 7.32. The van der Waals surface area contributed by atoms with E-state index >= 15 is 0 Å². The van der Waals surface area contributed by atoms with Crippen LogP contribution in [0.1, 0.15) is 38.5 Å². The van der Waals surface area contributed by atoms with Crippen molar-refractivity contribution in [2.75, 3.05) is 18.4 Å². The number of carbonyl (C=O) groups is 3. The van der Waals surface area contributed by atoms with Crippen molar-refractivity contribution in [1.82, 2.24) is 25.5 Å². The number of carbonyl (C=O) groups excluding carboxylic acids is 3. The highest BCUT2D eigenvalue weighted by molar-refractivity contribution is 5.97. The molecule has 2 heterocycles. The van der Waals surface area contributed by atoms with Gasteiger partial charge in [0.15, 0.2) is 0 Å². The van der Waals surface area contributed by atoms with E-state index in [1.807, 2.05) is 0 Å². The summed E-state index contributed by atoms with van der Waals surface area (Å²) in [6.45, 7) is 0.400. The van der Waals surface area contributed by atoms with Gasteiger partial charge in [-0.3, -0.25) is 24.6 Å². The van der Waals surface area contributed by atoms with Gasteiger partial charge in [-0.25, -0.2) is 20.5 Å². The maximum absolute atomic E-state index is 13.2. The molecule has 3 rings (SSSR count). The van der Waals surface area contributed by atoms with Gasteiger partial charge in [0.25, 0.3) is 0 Å². The molecule has 10 heteroatoms. The first kappa shape index (κ1) is 20.2. The van der Waals surface area contributed by atoms with Gasteiger partial charge in [0.1, 0.15) is 18.2 Å².